The van der Waals surface area contributed by atoms with Crippen molar-refractivity contribution in [2.24, 2.45) is 0 Å². The molecule has 1 amide bonds. The van der Waals surface area contributed by atoms with E-state index in [0.717, 1.165) is 23.8 Å². The van der Waals surface area contributed by atoms with Gasteiger partial charge >= 0.3 is 0 Å². The topological polar surface area (TPSA) is 55.1 Å². The molecule has 0 aromatic heterocycles. The van der Waals surface area contributed by atoms with Crippen molar-refractivity contribution in [1.82, 2.24) is 5.32 Å². The summed E-state index contributed by atoms with van der Waals surface area (Å²) in [6.45, 7) is 0.706. The molecule has 21 heavy (non-hydrogen) atoms. The maximum Gasteiger partial charge on any atom is 0.220 e. The number of anilines is 1. The second-order valence-electron chi connectivity index (χ2n) is 5.42. The Morgan fingerprint density at radius 3 is 2.81 bits per heavy atom. The van der Waals surface area contributed by atoms with E-state index in [1.54, 1.807) is 0 Å². The van der Waals surface area contributed by atoms with Gasteiger partial charge in [-0.05, 0) is 43.4 Å². The summed E-state index contributed by atoms with van der Waals surface area (Å²) >= 11 is 0. The number of hydrogen-bond donors (Lipinski definition) is 2. The lowest BCUT2D eigenvalue weighted by molar-refractivity contribution is -0.121. The molecular weight excluding hydrogens is 300 g/mol. The first-order chi connectivity index (χ1) is 10.2. The van der Waals surface area contributed by atoms with Crippen LogP contribution in [-0.4, -0.2) is 23.5 Å². The highest BCUT2D eigenvalue weighted by atomic mass is 33.1. The summed E-state index contributed by atoms with van der Waals surface area (Å²) in [5.74, 6) is 1.47. The van der Waals surface area contributed by atoms with E-state index in [1.807, 2.05) is 45.9 Å². The minimum Gasteiger partial charge on any atom is -0.399 e. The quantitative estimate of drug-likeness (QED) is 0.435. The Labute approximate surface area is 135 Å². The number of benzene rings is 1. The van der Waals surface area contributed by atoms with Crippen molar-refractivity contribution in [3.05, 3.63) is 29.8 Å². The van der Waals surface area contributed by atoms with E-state index in [4.69, 9.17) is 5.73 Å². The van der Waals surface area contributed by atoms with E-state index in [9.17, 15) is 4.79 Å². The molecule has 1 heterocycles. The fourth-order valence-corrected chi connectivity index (χ4v) is 5.37. The zero-order valence-corrected chi connectivity index (χ0v) is 14.0. The average molecular weight is 325 g/mol. The maximum absolute atomic E-state index is 11.7. The molecule has 1 aliphatic rings. The van der Waals surface area contributed by atoms with Crippen molar-refractivity contribution >= 4 is 33.2 Å². The third-order valence-corrected chi connectivity index (χ3v) is 6.63. The highest BCUT2D eigenvalue weighted by Gasteiger charge is 2.15. The Balaban J connectivity index is 1.50. The Morgan fingerprint density at radius 1 is 1.29 bits per heavy atom. The lowest BCUT2D eigenvalue weighted by atomic mass is 10.1. The largest absolute Gasteiger partial charge is 0.399 e. The molecule has 3 N–H and O–H groups in total. The second kappa shape index (κ2) is 9.26. The molecule has 1 aromatic carbocycles. The first-order valence-electron chi connectivity index (χ1n) is 7.63. The summed E-state index contributed by atoms with van der Waals surface area (Å²) in [6.07, 6.45) is 6.30. The van der Waals surface area contributed by atoms with E-state index >= 15 is 0 Å². The fraction of sp³-hybridized carbons (Fsp3) is 0.562. The van der Waals surface area contributed by atoms with Crippen molar-refractivity contribution in [2.45, 2.75) is 43.8 Å². The second-order valence-corrected chi connectivity index (χ2v) is 8.20. The van der Waals surface area contributed by atoms with Crippen molar-refractivity contribution in [1.29, 1.82) is 0 Å². The summed E-state index contributed by atoms with van der Waals surface area (Å²) < 4.78 is 0. The van der Waals surface area contributed by atoms with Crippen LogP contribution < -0.4 is 11.1 Å². The van der Waals surface area contributed by atoms with Crippen LogP contribution in [-0.2, 0) is 11.2 Å². The number of unbranched alkanes of at least 4 members (excludes halogenated alkanes) is 1. The fourth-order valence-electron chi connectivity index (χ4n) is 2.34. The van der Waals surface area contributed by atoms with Gasteiger partial charge in [-0.1, -0.05) is 40.1 Å². The zero-order chi connectivity index (χ0) is 14.9. The third-order valence-electron chi connectivity index (χ3n) is 3.62. The number of nitrogens with one attached hydrogen (secondary N) is 1. The van der Waals surface area contributed by atoms with Crippen molar-refractivity contribution < 1.29 is 4.79 Å². The van der Waals surface area contributed by atoms with Gasteiger partial charge in [-0.3, -0.25) is 4.79 Å². The molecule has 0 aliphatic carbocycles. The highest BCUT2D eigenvalue weighted by molar-refractivity contribution is 8.77. The van der Waals surface area contributed by atoms with Gasteiger partial charge in [0.25, 0.3) is 0 Å². The van der Waals surface area contributed by atoms with Crippen LogP contribution in [0, 0.1) is 0 Å². The standard InChI is InChI=1S/C16H24N2OS2/c17-14-7-5-13(6-8-14)9-11-18-16(19)4-2-1-3-15-10-12-20-21-15/h5-8,15H,1-4,9-12,17H2,(H,18,19). The van der Waals surface area contributed by atoms with Gasteiger partial charge in [0.15, 0.2) is 0 Å². The molecular formula is C16H24N2OS2. The first kappa shape index (κ1) is 16.6. The minimum absolute atomic E-state index is 0.180. The number of nitrogen functional groups attached to an aromatic ring is 1. The first-order valence-corrected chi connectivity index (χ1v) is 10.0. The third kappa shape index (κ3) is 6.66. The Bertz CT molecular complexity index is 430. The van der Waals surface area contributed by atoms with Crippen LogP contribution in [0.25, 0.3) is 0 Å². The lowest BCUT2D eigenvalue weighted by Crippen LogP contribution is -2.25. The van der Waals surface area contributed by atoms with Crippen LogP contribution in [0.2, 0.25) is 0 Å². The van der Waals surface area contributed by atoms with Crippen molar-refractivity contribution in [3.8, 4) is 0 Å². The maximum atomic E-state index is 11.7. The van der Waals surface area contributed by atoms with Gasteiger partial charge in [0, 0.05) is 29.7 Å². The highest BCUT2D eigenvalue weighted by Crippen LogP contribution is 2.39. The van der Waals surface area contributed by atoms with E-state index < -0.39 is 0 Å². The van der Waals surface area contributed by atoms with Gasteiger partial charge in [0.2, 0.25) is 5.91 Å². The summed E-state index contributed by atoms with van der Waals surface area (Å²) in [5.41, 5.74) is 7.63. The van der Waals surface area contributed by atoms with Gasteiger partial charge in [-0.25, -0.2) is 0 Å². The van der Waals surface area contributed by atoms with Gasteiger partial charge in [0.05, 0.1) is 0 Å². The molecule has 1 atom stereocenters. The predicted octanol–water partition coefficient (Wildman–Crippen LogP) is 3.64. The number of hydrogen-bond acceptors (Lipinski definition) is 4. The summed E-state index contributed by atoms with van der Waals surface area (Å²) in [6, 6.07) is 7.82. The summed E-state index contributed by atoms with van der Waals surface area (Å²) in [7, 11) is 4.01. The molecule has 1 aromatic rings. The average Bonchev–Trinajstić information content (AvgIpc) is 2.99. The van der Waals surface area contributed by atoms with Crippen LogP contribution in [0.15, 0.2) is 24.3 Å². The van der Waals surface area contributed by atoms with Crippen LogP contribution in [0.1, 0.15) is 37.7 Å². The van der Waals surface area contributed by atoms with Crippen LogP contribution in [0.3, 0.4) is 0 Å². The number of carbonyl (C=O) groups excluding carboxylic acids is 1. The molecule has 5 heteroatoms. The van der Waals surface area contributed by atoms with E-state index in [-0.39, 0.29) is 5.91 Å². The normalized spacial score (nSPS) is 17.8. The molecule has 1 fully saturated rings. The number of carbonyl (C=O) groups is 1. The Hall–Kier alpha value is -0.810. The molecule has 0 bridgehead atoms. The smallest absolute Gasteiger partial charge is 0.220 e. The van der Waals surface area contributed by atoms with Crippen LogP contribution in [0.5, 0.6) is 0 Å². The molecule has 116 valence electrons. The Morgan fingerprint density at radius 2 is 2.10 bits per heavy atom. The number of rotatable bonds is 8. The molecule has 1 unspecified atom stereocenters. The monoisotopic (exact) mass is 324 g/mol. The molecule has 1 aliphatic heterocycles. The van der Waals surface area contributed by atoms with Crippen LogP contribution >= 0.6 is 21.6 Å². The van der Waals surface area contributed by atoms with Gasteiger partial charge in [-0.2, -0.15) is 0 Å². The molecule has 0 saturated carbocycles. The van der Waals surface area contributed by atoms with Crippen LogP contribution in [0.4, 0.5) is 5.69 Å². The molecule has 2 rings (SSSR count). The predicted molar refractivity (Wildman–Crippen MR) is 94.5 cm³/mol. The Kier molecular flexibility index (Phi) is 7.30. The minimum atomic E-state index is 0.180. The van der Waals surface area contributed by atoms with E-state index in [1.165, 1.54) is 30.6 Å². The lowest BCUT2D eigenvalue weighted by Gasteiger charge is -2.08. The van der Waals surface area contributed by atoms with Gasteiger partial charge in [-0.15, -0.1) is 0 Å². The summed E-state index contributed by atoms with van der Waals surface area (Å²) in [5, 5.41) is 3.82. The van der Waals surface area contributed by atoms with E-state index in [0.29, 0.717) is 13.0 Å². The SMILES string of the molecule is Nc1ccc(CCNC(=O)CCCCC2CCSS2)cc1. The molecule has 0 radical (unpaired) electrons. The van der Waals surface area contributed by atoms with Crippen molar-refractivity contribution in [3.63, 3.8) is 0 Å². The molecule has 1 saturated heterocycles. The molecule has 3 nitrogen and oxygen atoms in total. The zero-order valence-electron chi connectivity index (χ0n) is 12.3. The summed E-state index contributed by atoms with van der Waals surface area (Å²) in [4.78, 5) is 11.7. The van der Waals surface area contributed by atoms with Gasteiger partial charge < -0.3 is 11.1 Å². The van der Waals surface area contributed by atoms with Crippen molar-refractivity contribution in [2.75, 3.05) is 18.0 Å². The number of nitrogens with two attached hydrogens (primary N) is 1. The van der Waals surface area contributed by atoms with E-state index in [2.05, 4.69) is 5.32 Å². The van der Waals surface area contributed by atoms with Gasteiger partial charge in [0.1, 0.15) is 0 Å². The number of amides is 1. The molecule has 0 spiro atoms.